The van der Waals surface area contributed by atoms with E-state index < -0.39 is 5.97 Å². The van der Waals surface area contributed by atoms with E-state index in [0.717, 1.165) is 6.42 Å². The van der Waals surface area contributed by atoms with Crippen LogP contribution in [0.25, 0.3) is 0 Å². The predicted molar refractivity (Wildman–Crippen MR) is 51.8 cm³/mol. The zero-order valence-corrected chi connectivity index (χ0v) is 8.91. The molecule has 0 saturated carbocycles. The molecule has 80 valence electrons. The maximum atomic E-state index is 11.3. The van der Waals surface area contributed by atoms with Crippen LogP contribution in [0.1, 0.15) is 33.6 Å². The topological polar surface area (TPSA) is 57.6 Å². The molecule has 0 aromatic rings. The first-order chi connectivity index (χ1) is 6.32. The minimum atomic E-state index is -0.834. The number of likely N-dealkylation sites (tertiary alicyclic amines) is 1. The van der Waals surface area contributed by atoms with Crippen molar-refractivity contribution in [3.05, 3.63) is 0 Å². The van der Waals surface area contributed by atoms with Gasteiger partial charge in [0, 0.05) is 19.5 Å². The molecule has 1 rings (SSSR count). The molecule has 0 aromatic heterocycles. The largest absolute Gasteiger partial charge is 0.481 e. The Labute approximate surface area is 83.9 Å². The Morgan fingerprint density at radius 3 is 2.50 bits per heavy atom. The molecule has 4 nitrogen and oxygen atoms in total. The minimum absolute atomic E-state index is 0.0261. The van der Waals surface area contributed by atoms with E-state index >= 15 is 0 Å². The Bertz CT molecular complexity index is 260. The van der Waals surface area contributed by atoms with Gasteiger partial charge >= 0.3 is 5.97 Å². The van der Waals surface area contributed by atoms with Crippen LogP contribution in [0, 0.1) is 5.41 Å². The summed E-state index contributed by atoms with van der Waals surface area (Å²) >= 11 is 0. The lowest BCUT2D eigenvalue weighted by atomic mass is 9.90. The van der Waals surface area contributed by atoms with Gasteiger partial charge in [0.05, 0.1) is 6.42 Å². The van der Waals surface area contributed by atoms with Crippen LogP contribution in [0.15, 0.2) is 0 Å². The van der Waals surface area contributed by atoms with Gasteiger partial charge in [-0.2, -0.15) is 0 Å². The normalized spacial score (nSPS) is 25.1. The molecule has 1 aliphatic rings. The monoisotopic (exact) mass is 199 g/mol. The molecular weight excluding hydrogens is 182 g/mol. The molecule has 1 N–H and O–H groups in total. The van der Waals surface area contributed by atoms with Gasteiger partial charge in [0.15, 0.2) is 0 Å². The number of rotatable bonds is 2. The molecule has 1 amide bonds. The van der Waals surface area contributed by atoms with Crippen LogP contribution in [0.3, 0.4) is 0 Å². The van der Waals surface area contributed by atoms with Crippen molar-refractivity contribution in [2.24, 2.45) is 5.41 Å². The van der Waals surface area contributed by atoms with E-state index in [2.05, 4.69) is 13.8 Å². The van der Waals surface area contributed by atoms with Gasteiger partial charge in [-0.05, 0) is 11.8 Å². The van der Waals surface area contributed by atoms with Crippen LogP contribution >= 0.6 is 0 Å². The maximum absolute atomic E-state index is 11.3. The quantitative estimate of drug-likeness (QED) is 0.724. The minimum Gasteiger partial charge on any atom is -0.481 e. The summed E-state index contributed by atoms with van der Waals surface area (Å²) in [6.07, 6.45) is 0.835. The summed E-state index contributed by atoms with van der Waals surface area (Å²) in [6.45, 7) is 6.28. The molecule has 0 spiro atoms. The van der Waals surface area contributed by atoms with Crippen molar-refractivity contribution in [3.8, 4) is 0 Å². The van der Waals surface area contributed by atoms with Gasteiger partial charge in [-0.25, -0.2) is 0 Å². The summed E-state index contributed by atoms with van der Waals surface area (Å²) < 4.78 is 0. The Kier molecular flexibility index (Phi) is 2.83. The van der Waals surface area contributed by atoms with Gasteiger partial charge in [0.2, 0.25) is 5.91 Å². The number of carbonyl (C=O) groups is 2. The Morgan fingerprint density at radius 1 is 1.50 bits per heavy atom. The summed E-state index contributed by atoms with van der Waals surface area (Å²) in [6, 6.07) is -0.125. The average molecular weight is 199 g/mol. The molecule has 1 unspecified atom stereocenters. The molecule has 0 bridgehead atoms. The van der Waals surface area contributed by atoms with E-state index in [4.69, 9.17) is 5.11 Å². The van der Waals surface area contributed by atoms with E-state index in [-0.39, 0.29) is 23.8 Å². The van der Waals surface area contributed by atoms with Gasteiger partial charge in [-0.1, -0.05) is 13.8 Å². The van der Waals surface area contributed by atoms with Crippen LogP contribution in [0.4, 0.5) is 0 Å². The SMILES string of the molecule is CC(=O)N1CC(C)(C)CC1CC(=O)O. The van der Waals surface area contributed by atoms with Gasteiger partial charge < -0.3 is 10.0 Å². The Morgan fingerprint density at radius 2 is 2.07 bits per heavy atom. The zero-order chi connectivity index (χ0) is 10.9. The fraction of sp³-hybridized carbons (Fsp3) is 0.800. The number of nitrogens with zero attached hydrogens (tertiary/aromatic N) is 1. The van der Waals surface area contributed by atoms with Gasteiger partial charge in [-0.15, -0.1) is 0 Å². The standard InChI is InChI=1S/C10H17NO3/c1-7(12)11-6-10(2,3)5-8(11)4-9(13)14/h8H,4-6H2,1-3H3,(H,13,14). The molecule has 4 heteroatoms. The van der Waals surface area contributed by atoms with Crippen molar-refractivity contribution in [1.82, 2.24) is 4.90 Å². The Hall–Kier alpha value is -1.06. The highest BCUT2D eigenvalue weighted by atomic mass is 16.4. The smallest absolute Gasteiger partial charge is 0.305 e. The number of carboxylic acids is 1. The highest BCUT2D eigenvalue weighted by Gasteiger charge is 2.39. The first-order valence-corrected chi connectivity index (χ1v) is 4.81. The molecule has 0 radical (unpaired) electrons. The fourth-order valence-corrected chi connectivity index (χ4v) is 2.16. The molecule has 1 heterocycles. The number of hydrogen-bond donors (Lipinski definition) is 1. The van der Waals surface area contributed by atoms with Crippen molar-refractivity contribution in [1.29, 1.82) is 0 Å². The van der Waals surface area contributed by atoms with Crippen molar-refractivity contribution >= 4 is 11.9 Å². The summed E-state index contributed by atoms with van der Waals surface area (Å²) in [5.41, 5.74) is 0.0474. The van der Waals surface area contributed by atoms with Crippen LogP contribution in [0.5, 0.6) is 0 Å². The van der Waals surface area contributed by atoms with E-state index in [9.17, 15) is 9.59 Å². The van der Waals surface area contributed by atoms with Crippen molar-refractivity contribution in [2.45, 2.75) is 39.7 Å². The molecule has 0 aliphatic carbocycles. The number of amides is 1. The van der Waals surface area contributed by atoms with Gasteiger partial charge in [0.1, 0.15) is 0 Å². The van der Waals surface area contributed by atoms with E-state index in [1.165, 1.54) is 6.92 Å². The summed E-state index contributed by atoms with van der Waals surface area (Å²) in [7, 11) is 0. The lowest BCUT2D eigenvalue weighted by molar-refractivity contribution is -0.139. The molecule has 1 aliphatic heterocycles. The third kappa shape index (κ3) is 2.47. The lowest BCUT2D eigenvalue weighted by Gasteiger charge is -2.21. The van der Waals surface area contributed by atoms with Crippen molar-refractivity contribution in [3.63, 3.8) is 0 Å². The maximum Gasteiger partial charge on any atom is 0.305 e. The molecular formula is C10H17NO3. The molecule has 14 heavy (non-hydrogen) atoms. The molecule has 1 saturated heterocycles. The Balaban J connectivity index is 2.72. The number of aliphatic carboxylic acids is 1. The highest BCUT2D eigenvalue weighted by molar-refractivity contribution is 5.75. The van der Waals surface area contributed by atoms with Gasteiger partial charge in [0.25, 0.3) is 0 Å². The second-order valence-corrected chi connectivity index (χ2v) is 4.77. The number of carbonyl (C=O) groups excluding carboxylic acids is 1. The van der Waals surface area contributed by atoms with Gasteiger partial charge in [-0.3, -0.25) is 9.59 Å². The third-order valence-corrected chi connectivity index (χ3v) is 2.64. The van der Waals surface area contributed by atoms with E-state index in [1.54, 1.807) is 4.90 Å². The summed E-state index contributed by atoms with van der Waals surface area (Å²) in [4.78, 5) is 23.5. The van der Waals surface area contributed by atoms with E-state index in [1.807, 2.05) is 0 Å². The van der Waals surface area contributed by atoms with Crippen LogP contribution in [-0.4, -0.2) is 34.5 Å². The first-order valence-electron chi connectivity index (χ1n) is 4.81. The predicted octanol–water partition coefficient (Wildman–Crippen LogP) is 1.11. The number of carboxylic acid groups (broad SMARTS) is 1. The molecule has 1 atom stereocenters. The molecule has 0 aromatic carbocycles. The number of hydrogen-bond acceptors (Lipinski definition) is 2. The fourth-order valence-electron chi connectivity index (χ4n) is 2.16. The third-order valence-electron chi connectivity index (χ3n) is 2.64. The van der Waals surface area contributed by atoms with Crippen LogP contribution < -0.4 is 0 Å². The van der Waals surface area contributed by atoms with Crippen LogP contribution in [0.2, 0.25) is 0 Å². The molecule has 1 fully saturated rings. The lowest BCUT2D eigenvalue weighted by Crippen LogP contribution is -2.35. The summed E-state index contributed by atoms with van der Waals surface area (Å²) in [5, 5.41) is 8.71. The van der Waals surface area contributed by atoms with Crippen molar-refractivity contribution in [2.75, 3.05) is 6.54 Å². The first kappa shape index (κ1) is 11.0. The summed E-state index contributed by atoms with van der Waals surface area (Å²) in [5.74, 6) is -0.860. The van der Waals surface area contributed by atoms with Crippen molar-refractivity contribution < 1.29 is 14.7 Å². The second-order valence-electron chi connectivity index (χ2n) is 4.77. The average Bonchev–Trinajstić information content (AvgIpc) is 2.24. The van der Waals surface area contributed by atoms with Crippen LogP contribution in [-0.2, 0) is 9.59 Å². The zero-order valence-electron chi connectivity index (χ0n) is 8.91. The highest BCUT2D eigenvalue weighted by Crippen LogP contribution is 2.35. The second kappa shape index (κ2) is 3.59. The van der Waals surface area contributed by atoms with E-state index in [0.29, 0.717) is 6.54 Å².